The first-order valence-electron chi connectivity index (χ1n) is 11.7. The zero-order valence-corrected chi connectivity index (χ0v) is 21.2. The van der Waals surface area contributed by atoms with Crippen molar-refractivity contribution < 1.29 is 19.0 Å². The molecule has 36 heavy (non-hydrogen) atoms. The summed E-state index contributed by atoms with van der Waals surface area (Å²) in [7, 11) is 3.23. The number of benzene rings is 1. The fraction of sp³-hybridized carbons (Fsp3) is 0.346. The van der Waals surface area contributed by atoms with Gasteiger partial charge in [-0.1, -0.05) is 29.8 Å². The molecule has 2 aliphatic rings. The molecule has 9 nitrogen and oxygen atoms in total. The van der Waals surface area contributed by atoms with Gasteiger partial charge in [-0.05, 0) is 48.2 Å². The molecule has 2 aliphatic heterocycles. The van der Waals surface area contributed by atoms with Gasteiger partial charge in [0.25, 0.3) is 12.1 Å². The lowest BCUT2D eigenvalue weighted by Crippen LogP contribution is -2.33. The molecule has 0 bridgehead atoms. The quantitative estimate of drug-likeness (QED) is 0.479. The highest BCUT2D eigenvalue weighted by molar-refractivity contribution is 6.30. The minimum Gasteiger partial charge on any atom is -0.473 e. The zero-order chi connectivity index (χ0) is 25.2. The van der Waals surface area contributed by atoms with E-state index in [1.165, 1.54) is 12.7 Å². The van der Waals surface area contributed by atoms with Gasteiger partial charge in [0.05, 0.1) is 19.3 Å². The summed E-state index contributed by atoms with van der Waals surface area (Å²) in [6, 6.07) is 11.7. The molecule has 4 heterocycles. The average molecular weight is 510 g/mol. The van der Waals surface area contributed by atoms with Crippen LogP contribution in [0.25, 0.3) is 5.57 Å². The number of hydrogen-bond donors (Lipinski definition) is 1. The number of imidazole rings is 1. The number of carbonyl (C=O) groups is 1. The van der Waals surface area contributed by atoms with Gasteiger partial charge in [0.2, 0.25) is 5.88 Å². The summed E-state index contributed by atoms with van der Waals surface area (Å²) in [5.41, 5.74) is 4.31. The van der Waals surface area contributed by atoms with Crippen molar-refractivity contribution in [2.75, 3.05) is 25.5 Å². The van der Waals surface area contributed by atoms with Crippen molar-refractivity contribution >= 4 is 29.0 Å². The molecule has 0 saturated heterocycles. The Balaban J connectivity index is 1.19. The summed E-state index contributed by atoms with van der Waals surface area (Å²) < 4.78 is 18.2. The van der Waals surface area contributed by atoms with E-state index in [0.29, 0.717) is 30.7 Å². The van der Waals surface area contributed by atoms with Crippen molar-refractivity contribution in [3.63, 3.8) is 0 Å². The van der Waals surface area contributed by atoms with Crippen LogP contribution in [0.4, 0.5) is 5.82 Å². The number of hydrogen-bond acceptors (Lipinski definition) is 8. The van der Waals surface area contributed by atoms with Crippen LogP contribution in [0.3, 0.4) is 0 Å². The standard InChI is InChI=1S/C26H28ClN5O4/c1-16-13-19(27)8-7-18(16)15-35-22-6-4-5-20(28-22)17-9-11-32(12-10-17)14-21-29-24-23(31(21)2)30-25(36-24)26(33)34-3/h4-9,13,25,30H,10-12,14-15H2,1-3H3. The number of anilines is 1. The number of carbonyl (C=O) groups excluding carboxylic acids is 1. The first-order valence-corrected chi connectivity index (χ1v) is 12.1. The van der Waals surface area contributed by atoms with Crippen LogP contribution >= 0.6 is 11.6 Å². The molecule has 1 N–H and O–H groups in total. The Morgan fingerprint density at radius 3 is 2.86 bits per heavy atom. The van der Waals surface area contributed by atoms with E-state index < -0.39 is 12.2 Å². The normalized spacial score (nSPS) is 17.1. The second-order valence-corrected chi connectivity index (χ2v) is 9.28. The zero-order valence-electron chi connectivity index (χ0n) is 20.5. The second-order valence-electron chi connectivity index (χ2n) is 8.84. The van der Waals surface area contributed by atoms with Crippen LogP contribution in [0.15, 0.2) is 42.5 Å². The number of fused-ring (bicyclic) bond motifs is 1. The summed E-state index contributed by atoms with van der Waals surface area (Å²) in [6.45, 7) is 4.78. The lowest BCUT2D eigenvalue weighted by Gasteiger charge is -2.26. The predicted molar refractivity (Wildman–Crippen MR) is 136 cm³/mol. The first-order chi connectivity index (χ1) is 17.4. The van der Waals surface area contributed by atoms with E-state index in [1.54, 1.807) is 0 Å². The molecule has 1 aromatic carbocycles. The fourth-order valence-corrected chi connectivity index (χ4v) is 4.54. The van der Waals surface area contributed by atoms with Crippen molar-refractivity contribution in [2.24, 2.45) is 7.05 Å². The van der Waals surface area contributed by atoms with Crippen LogP contribution in [0, 0.1) is 6.92 Å². The van der Waals surface area contributed by atoms with E-state index in [-0.39, 0.29) is 0 Å². The maximum atomic E-state index is 11.7. The molecule has 1 unspecified atom stereocenters. The third-order valence-corrected chi connectivity index (χ3v) is 6.69. The van der Waals surface area contributed by atoms with Gasteiger partial charge in [0, 0.05) is 31.2 Å². The van der Waals surface area contributed by atoms with Crippen LogP contribution in [-0.4, -0.2) is 51.8 Å². The second kappa shape index (κ2) is 10.2. The Morgan fingerprint density at radius 2 is 2.14 bits per heavy atom. The molecular formula is C26H28ClN5O4. The fourth-order valence-electron chi connectivity index (χ4n) is 4.31. The molecule has 0 radical (unpaired) electrons. The van der Waals surface area contributed by atoms with Crippen LogP contribution in [0.2, 0.25) is 5.02 Å². The highest BCUT2D eigenvalue weighted by Crippen LogP contribution is 2.33. The highest BCUT2D eigenvalue weighted by atomic mass is 35.5. The Hall–Kier alpha value is -3.56. The number of pyridine rings is 1. The van der Waals surface area contributed by atoms with Crippen LogP contribution in [0.5, 0.6) is 11.8 Å². The third-order valence-electron chi connectivity index (χ3n) is 6.46. The average Bonchev–Trinajstić information content (AvgIpc) is 3.43. The molecule has 0 aliphatic carbocycles. The number of ether oxygens (including phenoxy) is 3. The predicted octanol–water partition coefficient (Wildman–Crippen LogP) is 3.95. The Morgan fingerprint density at radius 1 is 1.28 bits per heavy atom. The number of aryl methyl sites for hydroxylation is 1. The summed E-state index contributed by atoms with van der Waals surface area (Å²) in [4.78, 5) is 23.3. The number of halogens is 1. The van der Waals surface area contributed by atoms with Gasteiger partial charge in [0.15, 0.2) is 5.82 Å². The van der Waals surface area contributed by atoms with Crippen molar-refractivity contribution in [2.45, 2.75) is 32.7 Å². The molecule has 188 valence electrons. The third kappa shape index (κ3) is 5.03. The van der Waals surface area contributed by atoms with Crippen molar-refractivity contribution in [3.8, 4) is 11.8 Å². The number of methoxy groups -OCH3 is 1. The van der Waals surface area contributed by atoms with Crippen LogP contribution in [0.1, 0.15) is 29.1 Å². The number of nitrogens with zero attached hydrogens (tertiary/aromatic N) is 4. The molecule has 0 spiro atoms. The summed E-state index contributed by atoms with van der Waals surface area (Å²) in [6.07, 6.45) is 2.23. The van der Waals surface area contributed by atoms with Gasteiger partial charge in [-0.3, -0.25) is 4.90 Å². The van der Waals surface area contributed by atoms with E-state index in [4.69, 9.17) is 30.8 Å². The minimum absolute atomic E-state index is 0.422. The van der Waals surface area contributed by atoms with Gasteiger partial charge in [0.1, 0.15) is 12.4 Å². The van der Waals surface area contributed by atoms with Gasteiger partial charge in [-0.2, -0.15) is 4.98 Å². The molecule has 0 saturated carbocycles. The largest absolute Gasteiger partial charge is 0.473 e. The maximum absolute atomic E-state index is 11.7. The number of rotatable bonds is 7. The van der Waals surface area contributed by atoms with Crippen molar-refractivity contribution in [1.29, 1.82) is 0 Å². The van der Waals surface area contributed by atoms with E-state index in [2.05, 4.69) is 21.3 Å². The molecule has 0 fully saturated rings. The van der Waals surface area contributed by atoms with Gasteiger partial charge >= 0.3 is 5.97 Å². The Kier molecular flexibility index (Phi) is 6.84. The summed E-state index contributed by atoms with van der Waals surface area (Å²) >= 11 is 6.05. The van der Waals surface area contributed by atoms with Gasteiger partial charge in [-0.15, -0.1) is 0 Å². The van der Waals surface area contributed by atoms with Crippen molar-refractivity contribution in [1.82, 2.24) is 19.4 Å². The highest BCUT2D eigenvalue weighted by Gasteiger charge is 2.34. The topological polar surface area (TPSA) is 90.7 Å². The number of esters is 1. The smallest absolute Gasteiger partial charge is 0.368 e. The SMILES string of the molecule is COC(=O)C1Nc2c(nc(CN3CC=C(c4cccc(OCc5ccc(Cl)cc5C)n4)CC3)n2C)O1. The van der Waals surface area contributed by atoms with E-state index in [0.717, 1.165) is 47.2 Å². The molecule has 5 rings (SSSR count). The van der Waals surface area contributed by atoms with Crippen LogP contribution in [-0.2, 0) is 29.7 Å². The molecule has 3 aromatic rings. The lowest BCUT2D eigenvalue weighted by molar-refractivity contribution is -0.146. The van der Waals surface area contributed by atoms with E-state index in [9.17, 15) is 4.79 Å². The number of aromatic nitrogens is 3. The molecule has 0 amide bonds. The Bertz CT molecular complexity index is 1320. The van der Waals surface area contributed by atoms with E-state index in [1.807, 2.05) is 54.9 Å². The Labute approximate surface area is 214 Å². The molecule has 2 aromatic heterocycles. The minimum atomic E-state index is -0.851. The van der Waals surface area contributed by atoms with Crippen LogP contribution < -0.4 is 14.8 Å². The number of nitrogens with one attached hydrogen (secondary N) is 1. The van der Waals surface area contributed by atoms with Crippen molar-refractivity contribution in [3.05, 3.63) is 70.1 Å². The summed E-state index contributed by atoms with van der Waals surface area (Å²) in [5.74, 6) is 2.09. The summed E-state index contributed by atoms with van der Waals surface area (Å²) in [5, 5.41) is 3.74. The maximum Gasteiger partial charge on any atom is 0.368 e. The first kappa shape index (κ1) is 24.1. The molecular weight excluding hydrogens is 482 g/mol. The van der Waals surface area contributed by atoms with E-state index >= 15 is 0 Å². The molecule has 10 heteroatoms. The van der Waals surface area contributed by atoms with Gasteiger partial charge < -0.3 is 24.1 Å². The molecule has 1 atom stereocenters. The monoisotopic (exact) mass is 509 g/mol. The van der Waals surface area contributed by atoms with Gasteiger partial charge in [-0.25, -0.2) is 9.78 Å². The lowest BCUT2D eigenvalue weighted by atomic mass is 10.0.